The molecule has 138 valence electrons. The minimum atomic E-state index is 0.635. The van der Waals surface area contributed by atoms with Crippen LogP contribution in [0, 0.1) is 0 Å². The Morgan fingerprint density at radius 2 is 1.68 bits per heavy atom. The number of nitrogens with zero attached hydrogens (tertiary/aromatic N) is 1. The van der Waals surface area contributed by atoms with Crippen molar-refractivity contribution < 1.29 is 0 Å². The molecule has 2 aliphatic carbocycles. The normalized spacial score (nSPS) is 21.3. The van der Waals surface area contributed by atoms with Gasteiger partial charge in [0.2, 0.25) is 0 Å². The van der Waals surface area contributed by atoms with Crippen LogP contribution in [-0.4, -0.2) is 24.5 Å². The molecule has 4 N–H and O–H groups in total. The first-order valence-corrected chi connectivity index (χ1v) is 10.3. The second-order valence-electron chi connectivity index (χ2n) is 6.93. The first kappa shape index (κ1) is 20.1. The SMILES string of the molecule is C=C.CN1CCCC1/C=C/SN.Nc1c2c(cc3c1CCC3)CCC2. The molecule has 0 spiro atoms. The van der Waals surface area contributed by atoms with E-state index in [1.165, 1.54) is 92.1 Å². The molecular formula is C21H33N3S. The van der Waals surface area contributed by atoms with Crippen molar-refractivity contribution in [2.24, 2.45) is 5.14 Å². The summed E-state index contributed by atoms with van der Waals surface area (Å²) in [4.78, 5) is 2.35. The highest BCUT2D eigenvalue weighted by molar-refractivity contribution is 7.99. The molecule has 3 nitrogen and oxygen atoms in total. The van der Waals surface area contributed by atoms with Gasteiger partial charge < -0.3 is 5.73 Å². The lowest BCUT2D eigenvalue weighted by atomic mass is 9.99. The van der Waals surface area contributed by atoms with Crippen LogP contribution in [0.4, 0.5) is 5.69 Å². The van der Waals surface area contributed by atoms with E-state index in [0.29, 0.717) is 6.04 Å². The lowest BCUT2D eigenvalue weighted by Gasteiger charge is -2.14. The molecule has 1 unspecified atom stereocenters. The highest BCUT2D eigenvalue weighted by atomic mass is 32.2. The number of anilines is 1. The van der Waals surface area contributed by atoms with Crippen molar-refractivity contribution >= 4 is 17.6 Å². The van der Waals surface area contributed by atoms with E-state index in [0.717, 1.165) is 5.69 Å². The summed E-state index contributed by atoms with van der Waals surface area (Å²) in [6.07, 6.45) is 12.3. The molecule has 1 aliphatic heterocycles. The standard InChI is InChI=1S/C12H15N.C7H14N2S.C2H4/c13-12-10-5-1-3-8(10)7-9-4-2-6-11(9)12;1-9-5-2-3-7(9)4-6-10-8;1-2/h7H,1-6,13H2;4,6-7H,2-3,5,8H2,1H3;1-2H2/b;6-4+;. The van der Waals surface area contributed by atoms with Crippen LogP contribution in [-0.2, 0) is 25.7 Å². The molecule has 0 saturated carbocycles. The number of fused-ring (bicyclic) bond motifs is 2. The van der Waals surface area contributed by atoms with Crippen molar-refractivity contribution in [2.75, 3.05) is 19.3 Å². The summed E-state index contributed by atoms with van der Waals surface area (Å²) in [6, 6.07) is 3.05. The van der Waals surface area contributed by atoms with E-state index < -0.39 is 0 Å². The van der Waals surface area contributed by atoms with Gasteiger partial charge >= 0.3 is 0 Å². The third kappa shape index (κ3) is 4.90. The fourth-order valence-electron chi connectivity index (χ4n) is 4.18. The highest BCUT2D eigenvalue weighted by Crippen LogP contribution is 2.36. The van der Waals surface area contributed by atoms with Crippen LogP contribution >= 0.6 is 11.9 Å². The molecule has 0 radical (unpaired) electrons. The van der Waals surface area contributed by atoms with Crippen molar-refractivity contribution in [3.8, 4) is 0 Å². The Hall–Kier alpha value is -1.23. The first-order valence-electron chi connectivity index (χ1n) is 9.35. The van der Waals surface area contributed by atoms with Crippen LogP contribution in [0.2, 0.25) is 0 Å². The quantitative estimate of drug-likeness (QED) is 0.471. The molecular weight excluding hydrogens is 326 g/mol. The molecule has 1 heterocycles. The second kappa shape index (κ2) is 10.0. The van der Waals surface area contributed by atoms with E-state index in [4.69, 9.17) is 10.9 Å². The molecule has 25 heavy (non-hydrogen) atoms. The summed E-state index contributed by atoms with van der Waals surface area (Å²) in [5.41, 5.74) is 13.4. The van der Waals surface area contributed by atoms with Crippen LogP contribution < -0.4 is 10.9 Å². The number of nitrogen functional groups attached to an aromatic ring is 1. The summed E-state index contributed by atoms with van der Waals surface area (Å²) < 4.78 is 0. The lowest BCUT2D eigenvalue weighted by Crippen LogP contribution is -2.22. The number of likely N-dealkylation sites (tertiary alicyclic amines) is 1. The van der Waals surface area contributed by atoms with Crippen molar-refractivity contribution in [3.05, 3.63) is 53.0 Å². The third-order valence-electron chi connectivity index (χ3n) is 5.48. The van der Waals surface area contributed by atoms with E-state index in [1.54, 1.807) is 0 Å². The van der Waals surface area contributed by atoms with Gasteiger partial charge in [-0.25, -0.2) is 0 Å². The predicted molar refractivity (Wildman–Crippen MR) is 113 cm³/mol. The minimum absolute atomic E-state index is 0.635. The Morgan fingerprint density at radius 3 is 2.16 bits per heavy atom. The van der Waals surface area contributed by atoms with Gasteiger partial charge in [-0.05, 0) is 92.6 Å². The topological polar surface area (TPSA) is 55.3 Å². The molecule has 1 fully saturated rings. The number of likely N-dealkylation sites (N-methyl/N-ethyl adjacent to an activating group) is 1. The summed E-state index contributed by atoms with van der Waals surface area (Å²) >= 11 is 1.28. The number of benzene rings is 1. The number of hydrogen-bond donors (Lipinski definition) is 2. The van der Waals surface area contributed by atoms with Gasteiger partial charge in [0.05, 0.1) is 0 Å². The molecule has 0 bridgehead atoms. The second-order valence-corrected chi connectivity index (χ2v) is 7.47. The minimum Gasteiger partial charge on any atom is -0.398 e. The van der Waals surface area contributed by atoms with Crippen LogP contribution in [0.15, 0.2) is 30.7 Å². The number of rotatable bonds is 2. The number of hydrogen-bond acceptors (Lipinski definition) is 4. The Kier molecular flexibility index (Phi) is 8.07. The first-order chi connectivity index (χ1) is 12.2. The molecule has 4 rings (SSSR count). The molecule has 0 amide bonds. The van der Waals surface area contributed by atoms with Gasteiger partial charge in [0.25, 0.3) is 0 Å². The van der Waals surface area contributed by atoms with E-state index >= 15 is 0 Å². The van der Waals surface area contributed by atoms with Crippen LogP contribution in [0.1, 0.15) is 47.9 Å². The van der Waals surface area contributed by atoms with Gasteiger partial charge in [0, 0.05) is 11.7 Å². The molecule has 4 heteroatoms. The summed E-state index contributed by atoms with van der Waals surface area (Å²) in [5, 5.41) is 7.23. The summed E-state index contributed by atoms with van der Waals surface area (Å²) in [6.45, 7) is 7.23. The monoisotopic (exact) mass is 359 g/mol. The van der Waals surface area contributed by atoms with E-state index in [1.807, 2.05) is 5.41 Å². The van der Waals surface area contributed by atoms with Gasteiger partial charge in [-0.1, -0.05) is 24.1 Å². The summed E-state index contributed by atoms with van der Waals surface area (Å²) in [5.74, 6) is 0. The zero-order valence-electron chi connectivity index (χ0n) is 15.6. The van der Waals surface area contributed by atoms with Crippen LogP contribution in [0.5, 0.6) is 0 Å². The molecule has 1 atom stereocenters. The zero-order chi connectivity index (χ0) is 18.2. The maximum atomic E-state index is 6.19. The lowest BCUT2D eigenvalue weighted by molar-refractivity contribution is 0.357. The van der Waals surface area contributed by atoms with Crippen LogP contribution in [0.25, 0.3) is 0 Å². The van der Waals surface area contributed by atoms with Gasteiger partial charge in [0.1, 0.15) is 0 Å². The molecule has 1 saturated heterocycles. The van der Waals surface area contributed by atoms with Gasteiger partial charge in [-0.3, -0.25) is 10.0 Å². The predicted octanol–water partition coefficient (Wildman–Crippen LogP) is 4.25. The van der Waals surface area contributed by atoms with Gasteiger partial charge in [-0.15, -0.1) is 13.2 Å². The van der Waals surface area contributed by atoms with Gasteiger partial charge in [0.15, 0.2) is 0 Å². The molecule has 1 aromatic carbocycles. The fourth-order valence-corrected chi connectivity index (χ4v) is 4.45. The Morgan fingerprint density at radius 1 is 1.08 bits per heavy atom. The smallest absolute Gasteiger partial charge is 0.0384 e. The van der Waals surface area contributed by atoms with E-state index in [9.17, 15) is 0 Å². The van der Waals surface area contributed by atoms with E-state index in [-0.39, 0.29) is 0 Å². The fraction of sp³-hybridized carbons (Fsp3) is 0.524. The zero-order valence-corrected chi connectivity index (χ0v) is 16.4. The van der Waals surface area contributed by atoms with Crippen LogP contribution in [0.3, 0.4) is 0 Å². The van der Waals surface area contributed by atoms with Crippen molar-refractivity contribution in [3.63, 3.8) is 0 Å². The Labute approximate surface area is 157 Å². The van der Waals surface area contributed by atoms with Gasteiger partial charge in [-0.2, -0.15) is 0 Å². The Balaban J connectivity index is 0.000000170. The Bertz CT molecular complexity index is 565. The molecule has 1 aromatic rings. The average molecular weight is 360 g/mol. The maximum Gasteiger partial charge on any atom is 0.0384 e. The molecule has 3 aliphatic rings. The average Bonchev–Trinajstić information content (AvgIpc) is 3.37. The van der Waals surface area contributed by atoms with Crippen molar-refractivity contribution in [1.82, 2.24) is 4.90 Å². The largest absolute Gasteiger partial charge is 0.398 e. The number of aryl methyl sites for hydroxylation is 2. The third-order valence-corrected chi connectivity index (χ3v) is 5.79. The summed E-state index contributed by atoms with van der Waals surface area (Å²) in [7, 11) is 2.16. The van der Waals surface area contributed by atoms with E-state index in [2.05, 4.69) is 37.2 Å². The highest BCUT2D eigenvalue weighted by Gasteiger charge is 2.21. The van der Waals surface area contributed by atoms with Crippen molar-refractivity contribution in [2.45, 2.75) is 57.4 Å². The maximum absolute atomic E-state index is 6.19. The number of nitrogens with two attached hydrogens (primary N) is 2. The molecule has 0 aromatic heterocycles. The van der Waals surface area contributed by atoms with Crippen molar-refractivity contribution in [1.29, 1.82) is 0 Å².